The third-order valence-electron chi connectivity index (χ3n) is 2.80. The molecule has 2 rings (SSSR count). The molecular formula is C12H14ClN3. The first kappa shape index (κ1) is 11.4. The SMILES string of the molecule is N#Cc1cc(Cl)ccc1CN1CCNCC1. The van der Waals surface area contributed by atoms with Gasteiger partial charge in [-0.05, 0) is 17.7 Å². The average molecular weight is 236 g/mol. The van der Waals surface area contributed by atoms with Crippen molar-refractivity contribution in [2.75, 3.05) is 26.2 Å². The summed E-state index contributed by atoms with van der Waals surface area (Å²) in [6.45, 7) is 4.95. The van der Waals surface area contributed by atoms with Gasteiger partial charge in [-0.2, -0.15) is 5.26 Å². The Labute approximate surface area is 101 Å². The number of hydrogen-bond acceptors (Lipinski definition) is 3. The van der Waals surface area contributed by atoms with Gasteiger partial charge < -0.3 is 5.32 Å². The van der Waals surface area contributed by atoms with Gasteiger partial charge >= 0.3 is 0 Å². The fourth-order valence-electron chi connectivity index (χ4n) is 1.90. The number of halogens is 1. The van der Waals surface area contributed by atoms with Crippen LogP contribution in [0.4, 0.5) is 0 Å². The van der Waals surface area contributed by atoms with Crippen molar-refractivity contribution >= 4 is 11.6 Å². The zero-order chi connectivity index (χ0) is 11.4. The fraction of sp³-hybridized carbons (Fsp3) is 0.417. The summed E-state index contributed by atoms with van der Waals surface area (Å²) in [5.74, 6) is 0. The van der Waals surface area contributed by atoms with E-state index in [-0.39, 0.29) is 0 Å². The fourth-order valence-corrected chi connectivity index (χ4v) is 2.07. The minimum atomic E-state index is 0.626. The van der Waals surface area contributed by atoms with Gasteiger partial charge in [0.1, 0.15) is 0 Å². The van der Waals surface area contributed by atoms with Crippen LogP contribution in [0.15, 0.2) is 18.2 Å². The van der Waals surface area contributed by atoms with E-state index in [1.807, 2.05) is 12.1 Å². The molecule has 0 spiro atoms. The first-order chi connectivity index (χ1) is 7.79. The molecular weight excluding hydrogens is 222 g/mol. The molecule has 0 amide bonds. The number of nitriles is 1. The largest absolute Gasteiger partial charge is 0.314 e. The van der Waals surface area contributed by atoms with E-state index in [2.05, 4.69) is 16.3 Å². The van der Waals surface area contributed by atoms with E-state index in [1.54, 1.807) is 6.07 Å². The second kappa shape index (κ2) is 5.31. The number of benzene rings is 1. The van der Waals surface area contributed by atoms with Crippen LogP contribution in [0.2, 0.25) is 5.02 Å². The summed E-state index contributed by atoms with van der Waals surface area (Å²) >= 11 is 5.86. The monoisotopic (exact) mass is 235 g/mol. The van der Waals surface area contributed by atoms with Crippen LogP contribution in [-0.4, -0.2) is 31.1 Å². The van der Waals surface area contributed by atoms with Crippen molar-refractivity contribution in [1.82, 2.24) is 10.2 Å². The molecule has 0 bridgehead atoms. The number of nitrogens with one attached hydrogen (secondary N) is 1. The van der Waals surface area contributed by atoms with Crippen molar-refractivity contribution in [2.24, 2.45) is 0 Å². The molecule has 0 radical (unpaired) electrons. The van der Waals surface area contributed by atoms with Crippen LogP contribution >= 0.6 is 11.6 Å². The summed E-state index contributed by atoms with van der Waals surface area (Å²) in [4.78, 5) is 2.35. The average Bonchev–Trinajstić information content (AvgIpc) is 2.33. The summed E-state index contributed by atoms with van der Waals surface area (Å²) in [5.41, 5.74) is 1.75. The first-order valence-electron chi connectivity index (χ1n) is 5.41. The predicted molar refractivity (Wildman–Crippen MR) is 64.3 cm³/mol. The highest BCUT2D eigenvalue weighted by Crippen LogP contribution is 2.17. The highest BCUT2D eigenvalue weighted by Gasteiger charge is 2.12. The molecule has 0 saturated carbocycles. The van der Waals surface area contributed by atoms with Crippen molar-refractivity contribution in [3.05, 3.63) is 34.3 Å². The van der Waals surface area contributed by atoms with Gasteiger partial charge in [-0.3, -0.25) is 4.90 Å². The lowest BCUT2D eigenvalue weighted by Gasteiger charge is -2.27. The minimum absolute atomic E-state index is 0.626. The molecule has 0 unspecified atom stereocenters. The Morgan fingerprint density at radius 2 is 2.12 bits per heavy atom. The Hall–Kier alpha value is -1.08. The zero-order valence-electron chi connectivity index (χ0n) is 9.04. The second-order valence-electron chi connectivity index (χ2n) is 3.94. The molecule has 3 nitrogen and oxygen atoms in total. The van der Waals surface area contributed by atoms with E-state index in [9.17, 15) is 0 Å². The van der Waals surface area contributed by atoms with Crippen molar-refractivity contribution in [1.29, 1.82) is 5.26 Å². The molecule has 16 heavy (non-hydrogen) atoms. The van der Waals surface area contributed by atoms with Gasteiger partial charge in [0.15, 0.2) is 0 Å². The van der Waals surface area contributed by atoms with E-state index >= 15 is 0 Å². The molecule has 0 aromatic heterocycles. The van der Waals surface area contributed by atoms with Gasteiger partial charge in [-0.15, -0.1) is 0 Å². The summed E-state index contributed by atoms with van der Waals surface area (Å²) in [7, 11) is 0. The number of nitrogens with zero attached hydrogens (tertiary/aromatic N) is 2. The van der Waals surface area contributed by atoms with Crippen molar-refractivity contribution in [3.63, 3.8) is 0 Å². The number of hydrogen-bond donors (Lipinski definition) is 1. The summed E-state index contributed by atoms with van der Waals surface area (Å²) in [6, 6.07) is 7.73. The van der Waals surface area contributed by atoms with Crippen LogP contribution in [0.25, 0.3) is 0 Å². The number of rotatable bonds is 2. The maximum absolute atomic E-state index is 9.03. The molecule has 1 fully saturated rings. The molecule has 4 heteroatoms. The topological polar surface area (TPSA) is 39.1 Å². The molecule has 1 aromatic carbocycles. The lowest BCUT2D eigenvalue weighted by Crippen LogP contribution is -2.43. The van der Waals surface area contributed by atoms with E-state index in [4.69, 9.17) is 16.9 Å². The quantitative estimate of drug-likeness (QED) is 0.847. The molecule has 0 atom stereocenters. The Morgan fingerprint density at radius 1 is 1.38 bits per heavy atom. The lowest BCUT2D eigenvalue weighted by atomic mass is 10.1. The molecule has 1 N–H and O–H groups in total. The molecule has 1 aliphatic heterocycles. The summed E-state index contributed by atoms with van der Waals surface area (Å²) in [6.07, 6.45) is 0. The second-order valence-corrected chi connectivity index (χ2v) is 4.38. The lowest BCUT2D eigenvalue weighted by molar-refractivity contribution is 0.233. The third-order valence-corrected chi connectivity index (χ3v) is 3.03. The van der Waals surface area contributed by atoms with Crippen molar-refractivity contribution in [3.8, 4) is 6.07 Å². The number of piperazine rings is 1. The van der Waals surface area contributed by atoms with Gasteiger partial charge in [-0.1, -0.05) is 17.7 Å². The highest BCUT2D eigenvalue weighted by molar-refractivity contribution is 6.30. The normalized spacial score (nSPS) is 17.0. The van der Waals surface area contributed by atoms with Gasteiger partial charge in [0.05, 0.1) is 11.6 Å². The van der Waals surface area contributed by atoms with Crippen LogP contribution in [0, 0.1) is 11.3 Å². The summed E-state index contributed by atoms with van der Waals surface area (Å²) in [5, 5.41) is 13.0. The van der Waals surface area contributed by atoms with Gasteiger partial charge in [-0.25, -0.2) is 0 Å². The predicted octanol–water partition coefficient (Wildman–Crippen LogP) is 1.62. The Bertz CT molecular complexity index is 405. The van der Waals surface area contributed by atoms with Crippen LogP contribution in [0.3, 0.4) is 0 Å². The Morgan fingerprint density at radius 3 is 2.81 bits per heavy atom. The van der Waals surface area contributed by atoms with E-state index in [0.717, 1.165) is 38.3 Å². The molecule has 1 saturated heterocycles. The molecule has 1 heterocycles. The van der Waals surface area contributed by atoms with Crippen molar-refractivity contribution < 1.29 is 0 Å². The van der Waals surface area contributed by atoms with Crippen LogP contribution < -0.4 is 5.32 Å². The van der Waals surface area contributed by atoms with Gasteiger partial charge in [0, 0.05) is 37.7 Å². The summed E-state index contributed by atoms with van der Waals surface area (Å²) < 4.78 is 0. The zero-order valence-corrected chi connectivity index (χ0v) is 9.80. The van der Waals surface area contributed by atoms with Crippen LogP contribution in [0.1, 0.15) is 11.1 Å². The van der Waals surface area contributed by atoms with Crippen LogP contribution in [0.5, 0.6) is 0 Å². The van der Waals surface area contributed by atoms with Crippen LogP contribution in [-0.2, 0) is 6.54 Å². The molecule has 84 valence electrons. The van der Waals surface area contributed by atoms with Gasteiger partial charge in [0.2, 0.25) is 0 Å². The van der Waals surface area contributed by atoms with E-state index in [0.29, 0.717) is 10.6 Å². The van der Waals surface area contributed by atoms with Gasteiger partial charge in [0.25, 0.3) is 0 Å². The van der Waals surface area contributed by atoms with Crippen molar-refractivity contribution in [2.45, 2.75) is 6.54 Å². The maximum atomic E-state index is 9.03. The maximum Gasteiger partial charge on any atom is 0.0995 e. The minimum Gasteiger partial charge on any atom is -0.314 e. The molecule has 1 aliphatic rings. The smallest absolute Gasteiger partial charge is 0.0995 e. The molecule has 1 aromatic rings. The Kier molecular flexibility index (Phi) is 3.79. The van der Waals surface area contributed by atoms with E-state index < -0.39 is 0 Å². The Balaban J connectivity index is 2.11. The standard InChI is InChI=1S/C12H14ClN3/c13-12-2-1-10(11(7-12)8-14)9-16-5-3-15-4-6-16/h1-2,7,15H,3-6,9H2. The molecule has 0 aliphatic carbocycles. The van der Waals surface area contributed by atoms with E-state index in [1.165, 1.54) is 0 Å². The third kappa shape index (κ3) is 2.73. The highest BCUT2D eigenvalue weighted by atomic mass is 35.5. The first-order valence-corrected chi connectivity index (χ1v) is 5.79.